The van der Waals surface area contributed by atoms with Gasteiger partial charge in [-0.25, -0.2) is 0 Å². The molecule has 120 valence electrons. The lowest BCUT2D eigenvalue weighted by atomic mass is 10.0. The molecule has 2 unspecified atom stereocenters. The monoisotopic (exact) mass is 332 g/mol. The van der Waals surface area contributed by atoms with E-state index in [1.165, 1.54) is 11.1 Å². The fourth-order valence-electron chi connectivity index (χ4n) is 4.06. The maximum absolute atomic E-state index is 14.5. The van der Waals surface area contributed by atoms with Gasteiger partial charge in [-0.2, -0.15) is 0 Å². The average molecular weight is 332 g/mol. The topological polar surface area (TPSA) is 17.1 Å². The number of rotatable bonds is 3. The predicted molar refractivity (Wildman–Crippen MR) is 101 cm³/mol. The van der Waals surface area contributed by atoms with Crippen molar-refractivity contribution in [3.05, 3.63) is 102 Å². The summed E-state index contributed by atoms with van der Waals surface area (Å²) in [5.74, 6) is 0. The predicted octanol–water partition coefficient (Wildman–Crippen LogP) is 5.95. The molecule has 0 aromatic heterocycles. The maximum atomic E-state index is 14.5. The zero-order valence-corrected chi connectivity index (χ0v) is 14.5. The Balaban J connectivity index is 1.87. The molecule has 3 atom stereocenters. The van der Waals surface area contributed by atoms with Crippen LogP contribution in [0.1, 0.15) is 35.3 Å². The molecular formula is C22H21OP. The minimum atomic E-state index is -2.59. The van der Waals surface area contributed by atoms with Crippen molar-refractivity contribution < 1.29 is 4.57 Å². The largest absolute Gasteiger partial charge is 0.317 e. The van der Waals surface area contributed by atoms with Gasteiger partial charge in [-0.05, 0) is 24.0 Å². The van der Waals surface area contributed by atoms with Gasteiger partial charge in [0, 0.05) is 16.6 Å². The van der Waals surface area contributed by atoms with Gasteiger partial charge in [0.05, 0.1) is 0 Å². The summed E-state index contributed by atoms with van der Waals surface area (Å²) in [6.07, 6.45) is 1.96. The number of hydrogen-bond acceptors (Lipinski definition) is 1. The molecule has 0 N–H and O–H groups in total. The first-order valence-corrected chi connectivity index (χ1v) is 10.4. The molecule has 3 aromatic carbocycles. The van der Waals surface area contributed by atoms with E-state index in [0.717, 1.165) is 18.1 Å². The second kappa shape index (κ2) is 6.42. The maximum Gasteiger partial charge on any atom is 0.129 e. The van der Waals surface area contributed by atoms with Crippen LogP contribution in [-0.4, -0.2) is 0 Å². The second-order valence-electron chi connectivity index (χ2n) is 6.48. The van der Waals surface area contributed by atoms with E-state index in [4.69, 9.17) is 0 Å². The Morgan fingerprint density at radius 3 is 1.38 bits per heavy atom. The molecular weight excluding hydrogens is 311 g/mol. The van der Waals surface area contributed by atoms with E-state index < -0.39 is 7.14 Å². The smallest absolute Gasteiger partial charge is 0.129 e. The SMILES string of the molecule is O=P1(c2ccccc2)C(c2ccccc2)CC[C@H]1c1ccccc1. The molecule has 3 aromatic rings. The van der Waals surface area contributed by atoms with Crippen LogP contribution in [0.5, 0.6) is 0 Å². The molecule has 1 heterocycles. The van der Waals surface area contributed by atoms with Gasteiger partial charge in [0.1, 0.15) is 7.14 Å². The van der Waals surface area contributed by atoms with Crippen molar-refractivity contribution in [2.75, 3.05) is 0 Å². The molecule has 1 fully saturated rings. The summed E-state index contributed by atoms with van der Waals surface area (Å²) in [5.41, 5.74) is 2.66. The summed E-state index contributed by atoms with van der Waals surface area (Å²) < 4.78 is 14.5. The highest BCUT2D eigenvalue weighted by Crippen LogP contribution is 2.75. The van der Waals surface area contributed by atoms with E-state index in [1.807, 2.05) is 30.3 Å². The highest BCUT2D eigenvalue weighted by molar-refractivity contribution is 7.72. The molecule has 0 bridgehead atoms. The summed E-state index contributed by atoms with van der Waals surface area (Å²) in [5, 5.41) is 1.02. The van der Waals surface area contributed by atoms with Gasteiger partial charge >= 0.3 is 0 Å². The number of benzene rings is 3. The van der Waals surface area contributed by atoms with E-state index >= 15 is 0 Å². The van der Waals surface area contributed by atoms with Crippen molar-refractivity contribution >= 4 is 12.4 Å². The minimum Gasteiger partial charge on any atom is -0.317 e. The minimum absolute atomic E-state index is 0.117. The average Bonchev–Trinajstić information content (AvgIpc) is 3.02. The van der Waals surface area contributed by atoms with E-state index in [1.54, 1.807) is 0 Å². The van der Waals surface area contributed by atoms with Crippen molar-refractivity contribution in [2.45, 2.75) is 24.2 Å². The Hall–Kier alpha value is -2.11. The standard InChI is InChI=1S/C22H21OP/c23-24(20-14-8-3-9-15-20)21(18-10-4-1-5-11-18)16-17-22(24)19-12-6-2-7-13-19/h1-15,21-22H,16-17H2/t21-,22?,24?/m0/s1. The van der Waals surface area contributed by atoms with E-state index in [9.17, 15) is 4.57 Å². The lowest BCUT2D eigenvalue weighted by Crippen LogP contribution is -2.11. The van der Waals surface area contributed by atoms with E-state index in [-0.39, 0.29) is 11.3 Å². The molecule has 4 rings (SSSR count). The molecule has 24 heavy (non-hydrogen) atoms. The third kappa shape index (κ3) is 2.54. The molecule has 0 saturated carbocycles. The quantitative estimate of drug-likeness (QED) is 0.542. The van der Waals surface area contributed by atoms with Gasteiger partial charge in [-0.3, -0.25) is 0 Å². The Labute approximate surface area is 143 Å². The van der Waals surface area contributed by atoms with Crippen LogP contribution in [0.3, 0.4) is 0 Å². The van der Waals surface area contributed by atoms with Crippen LogP contribution in [0.15, 0.2) is 91.0 Å². The highest BCUT2D eigenvalue weighted by Gasteiger charge is 2.48. The van der Waals surface area contributed by atoms with Crippen LogP contribution >= 0.6 is 7.14 Å². The van der Waals surface area contributed by atoms with Crippen LogP contribution < -0.4 is 5.30 Å². The van der Waals surface area contributed by atoms with E-state index in [2.05, 4.69) is 60.7 Å². The summed E-state index contributed by atoms with van der Waals surface area (Å²) >= 11 is 0. The first-order valence-electron chi connectivity index (χ1n) is 8.55. The normalized spacial score (nSPS) is 26.3. The molecule has 1 nitrogen and oxygen atoms in total. The van der Waals surface area contributed by atoms with Crippen LogP contribution in [0.2, 0.25) is 0 Å². The Bertz CT molecular complexity index is 791. The van der Waals surface area contributed by atoms with Gasteiger partial charge < -0.3 is 4.57 Å². The molecule has 1 aliphatic heterocycles. The Morgan fingerprint density at radius 2 is 0.958 bits per heavy atom. The summed E-state index contributed by atoms with van der Waals surface area (Å²) in [4.78, 5) is 0. The van der Waals surface area contributed by atoms with Crippen molar-refractivity contribution in [1.29, 1.82) is 0 Å². The van der Waals surface area contributed by atoms with Gasteiger partial charge in [0.15, 0.2) is 0 Å². The van der Waals surface area contributed by atoms with E-state index in [0.29, 0.717) is 0 Å². The molecule has 2 heteroatoms. The summed E-state index contributed by atoms with van der Waals surface area (Å²) in [6.45, 7) is 0. The molecule has 0 aliphatic carbocycles. The molecule has 1 aliphatic rings. The van der Waals surface area contributed by atoms with Crippen molar-refractivity contribution in [2.24, 2.45) is 0 Å². The lowest BCUT2D eigenvalue weighted by Gasteiger charge is -2.27. The van der Waals surface area contributed by atoms with Crippen molar-refractivity contribution in [1.82, 2.24) is 0 Å². The Kier molecular flexibility index (Phi) is 4.12. The lowest BCUT2D eigenvalue weighted by molar-refractivity contribution is 0.573. The Morgan fingerprint density at radius 1 is 0.583 bits per heavy atom. The van der Waals surface area contributed by atoms with Gasteiger partial charge in [-0.1, -0.05) is 91.0 Å². The third-order valence-corrected chi connectivity index (χ3v) is 9.24. The fourth-order valence-corrected chi connectivity index (χ4v) is 8.15. The molecule has 0 radical (unpaired) electrons. The van der Waals surface area contributed by atoms with Crippen LogP contribution in [0.4, 0.5) is 0 Å². The zero-order chi connectivity index (χ0) is 16.4. The van der Waals surface area contributed by atoms with Gasteiger partial charge in [0.2, 0.25) is 0 Å². The summed E-state index contributed by atoms with van der Waals surface area (Å²) in [6, 6.07) is 30.9. The first-order chi connectivity index (χ1) is 11.8. The van der Waals surface area contributed by atoms with Crippen LogP contribution in [0.25, 0.3) is 0 Å². The van der Waals surface area contributed by atoms with Crippen molar-refractivity contribution in [3.8, 4) is 0 Å². The second-order valence-corrected chi connectivity index (χ2v) is 9.66. The highest BCUT2D eigenvalue weighted by atomic mass is 31.2. The van der Waals surface area contributed by atoms with Crippen molar-refractivity contribution in [3.63, 3.8) is 0 Å². The van der Waals surface area contributed by atoms with Gasteiger partial charge in [0.25, 0.3) is 0 Å². The molecule has 1 saturated heterocycles. The van der Waals surface area contributed by atoms with Crippen LogP contribution in [-0.2, 0) is 4.57 Å². The molecule has 0 amide bonds. The van der Waals surface area contributed by atoms with Crippen LogP contribution in [0, 0.1) is 0 Å². The first kappa shape index (κ1) is 15.4. The number of hydrogen-bond donors (Lipinski definition) is 0. The summed E-state index contributed by atoms with van der Waals surface area (Å²) in [7, 11) is -2.59. The van der Waals surface area contributed by atoms with Gasteiger partial charge in [-0.15, -0.1) is 0 Å². The molecule has 0 spiro atoms. The zero-order valence-electron chi connectivity index (χ0n) is 13.6. The third-order valence-electron chi connectivity index (χ3n) is 5.17. The fraction of sp³-hybridized carbons (Fsp3) is 0.182.